The Kier molecular flexibility index (Phi) is 4.55. The van der Waals surface area contributed by atoms with Crippen molar-refractivity contribution in [3.63, 3.8) is 0 Å². The third-order valence-electron chi connectivity index (χ3n) is 4.46. The number of pyridine rings is 1. The quantitative estimate of drug-likeness (QED) is 0.869. The largest absolute Gasteiger partial charge is 0.349 e. The maximum absolute atomic E-state index is 12.2. The molecule has 0 radical (unpaired) electrons. The van der Waals surface area contributed by atoms with Crippen molar-refractivity contribution in [1.29, 1.82) is 0 Å². The number of piperazine rings is 1. The van der Waals surface area contributed by atoms with Gasteiger partial charge in [0.2, 0.25) is 0 Å². The van der Waals surface area contributed by atoms with Crippen LogP contribution in [0.15, 0.2) is 16.9 Å². The second-order valence-corrected chi connectivity index (χ2v) is 6.56. The zero-order chi connectivity index (χ0) is 16.6. The van der Waals surface area contributed by atoms with Gasteiger partial charge in [-0.25, -0.2) is 9.78 Å². The average Bonchev–Trinajstić information content (AvgIpc) is 2.53. The van der Waals surface area contributed by atoms with Gasteiger partial charge < -0.3 is 10.2 Å². The maximum atomic E-state index is 12.2. The zero-order valence-corrected chi connectivity index (χ0v) is 14.5. The molecule has 1 N–H and O–H groups in total. The van der Waals surface area contributed by atoms with E-state index in [1.807, 2.05) is 6.07 Å². The summed E-state index contributed by atoms with van der Waals surface area (Å²) in [6.45, 7) is 5.99. The Morgan fingerprint density at radius 3 is 2.91 bits per heavy atom. The van der Waals surface area contributed by atoms with Gasteiger partial charge in [0.1, 0.15) is 10.7 Å². The van der Waals surface area contributed by atoms with Crippen LogP contribution in [-0.4, -0.2) is 39.7 Å². The topological polar surface area (TPSA) is 63.1 Å². The number of nitrogens with zero attached hydrogens (tertiary/aromatic N) is 4. The highest BCUT2D eigenvalue weighted by Crippen LogP contribution is 2.26. The first-order chi connectivity index (χ1) is 11.0. The second kappa shape index (κ2) is 6.45. The molecule has 1 saturated heterocycles. The van der Waals surface area contributed by atoms with E-state index in [4.69, 9.17) is 11.6 Å². The van der Waals surface area contributed by atoms with Crippen molar-refractivity contribution >= 4 is 28.5 Å². The number of anilines is 1. The van der Waals surface area contributed by atoms with Crippen LogP contribution in [0, 0.1) is 0 Å². The van der Waals surface area contributed by atoms with Crippen LogP contribution in [0.25, 0.3) is 11.0 Å². The molecule has 2 aromatic heterocycles. The van der Waals surface area contributed by atoms with Crippen molar-refractivity contribution < 1.29 is 0 Å². The van der Waals surface area contributed by atoms with E-state index in [0.717, 1.165) is 31.4 Å². The maximum Gasteiger partial charge on any atom is 0.349 e. The molecule has 1 fully saturated rings. The summed E-state index contributed by atoms with van der Waals surface area (Å²) in [6, 6.07) is 4.17. The van der Waals surface area contributed by atoms with Gasteiger partial charge in [0.15, 0.2) is 5.82 Å². The Morgan fingerprint density at radius 1 is 1.39 bits per heavy atom. The number of aryl methyl sites for hydroxylation is 1. The summed E-state index contributed by atoms with van der Waals surface area (Å²) in [5.41, 5.74) is 1.17. The molecule has 0 saturated carbocycles. The number of halogens is 1. The highest BCUT2D eigenvalue weighted by molar-refractivity contribution is 6.29. The van der Waals surface area contributed by atoms with Crippen LogP contribution in [0.2, 0.25) is 5.15 Å². The molecule has 1 aliphatic heterocycles. The summed E-state index contributed by atoms with van der Waals surface area (Å²) < 4.78 is 1.51. The van der Waals surface area contributed by atoms with Crippen molar-refractivity contribution in [3.8, 4) is 0 Å². The molecule has 1 unspecified atom stereocenters. The fourth-order valence-electron chi connectivity index (χ4n) is 3.15. The fraction of sp³-hybridized carbons (Fsp3) is 0.562. The minimum atomic E-state index is -0.269. The lowest BCUT2D eigenvalue weighted by molar-refractivity contribution is 0.384. The van der Waals surface area contributed by atoms with Crippen molar-refractivity contribution in [2.45, 2.75) is 38.8 Å². The van der Waals surface area contributed by atoms with Gasteiger partial charge in [0.25, 0.3) is 0 Å². The lowest BCUT2D eigenvalue weighted by Gasteiger charge is -2.39. The average molecular weight is 336 g/mol. The van der Waals surface area contributed by atoms with E-state index in [1.165, 1.54) is 4.57 Å². The van der Waals surface area contributed by atoms with Crippen LogP contribution in [0.4, 0.5) is 5.82 Å². The smallest absolute Gasteiger partial charge is 0.349 e. The van der Waals surface area contributed by atoms with E-state index >= 15 is 0 Å². The molecule has 2 aromatic rings. The van der Waals surface area contributed by atoms with E-state index in [1.54, 1.807) is 13.1 Å². The molecule has 0 amide bonds. The molecule has 124 valence electrons. The predicted octanol–water partition coefficient (Wildman–Crippen LogP) is 1.95. The highest BCUT2D eigenvalue weighted by atomic mass is 35.5. The van der Waals surface area contributed by atoms with Gasteiger partial charge in [0.05, 0.1) is 5.52 Å². The molecule has 3 rings (SSSR count). The number of hydrogen-bond donors (Lipinski definition) is 1. The molecule has 6 nitrogen and oxygen atoms in total. The van der Waals surface area contributed by atoms with Gasteiger partial charge >= 0.3 is 5.69 Å². The number of hydrogen-bond acceptors (Lipinski definition) is 5. The van der Waals surface area contributed by atoms with Crippen molar-refractivity contribution in [2.24, 2.45) is 7.05 Å². The second-order valence-electron chi connectivity index (χ2n) is 6.17. The minimum absolute atomic E-state index is 0.242. The Bertz CT molecular complexity index is 775. The van der Waals surface area contributed by atoms with Gasteiger partial charge in [-0.1, -0.05) is 24.9 Å². The summed E-state index contributed by atoms with van der Waals surface area (Å²) in [6.07, 6.45) is 2.22. The highest BCUT2D eigenvalue weighted by Gasteiger charge is 2.28. The summed E-state index contributed by atoms with van der Waals surface area (Å²) in [7, 11) is 1.71. The standard InChI is InChI=1S/C16H22ClN5O/c1-4-5-11-9-22(10(2)8-18-11)15-14-12(6-7-13(17)19-14)21(3)16(23)20-15/h6-7,10-11,18H,4-5,8-9H2,1-3H3/t10?,11-/m1/s1. The van der Waals surface area contributed by atoms with Crippen molar-refractivity contribution in [2.75, 3.05) is 18.0 Å². The normalized spacial score (nSPS) is 21.8. The Labute approximate surface area is 140 Å². The Hall–Kier alpha value is -1.66. The molecule has 2 atom stereocenters. The molecule has 0 bridgehead atoms. The lowest BCUT2D eigenvalue weighted by Crippen LogP contribution is -2.56. The predicted molar refractivity (Wildman–Crippen MR) is 93.3 cm³/mol. The van der Waals surface area contributed by atoms with Gasteiger partial charge in [0, 0.05) is 32.2 Å². The zero-order valence-electron chi connectivity index (χ0n) is 13.7. The van der Waals surface area contributed by atoms with Crippen LogP contribution in [0.3, 0.4) is 0 Å². The summed E-state index contributed by atoms with van der Waals surface area (Å²) in [5.74, 6) is 0.640. The molecule has 0 aliphatic carbocycles. The van der Waals surface area contributed by atoms with Crippen LogP contribution in [-0.2, 0) is 7.05 Å². The van der Waals surface area contributed by atoms with Crippen LogP contribution in [0.5, 0.6) is 0 Å². The molecular formula is C16H22ClN5O. The SMILES string of the molecule is CCC[C@@H]1CN(c2nc(=O)n(C)c3ccc(Cl)nc23)C(C)CN1. The number of fused-ring (bicyclic) bond motifs is 1. The number of aromatic nitrogens is 3. The fourth-order valence-corrected chi connectivity index (χ4v) is 3.30. The van der Waals surface area contributed by atoms with Crippen molar-refractivity contribution in [1.82, 2.24) is 19.9 Å². The first kappa shape index (κ1) is 16.2. The van der Waals surface area contributed by atoms with Gasteiger partial charge in [-0.15, -0.1) is 0 Å². The van der Waals surface area contributed by atoms with E-state index in [9.17, 15) is 4.79 Å². The monoisotopic (exact) mass is 335 g/mol. The third-order valence-corrected chi connectivity index (χ3v) is 4.67. The van der Waals surface area contributed by atoms with E-state index in [0.29, 0.717) is 22.5 Å². The Morgan fingerprint density at radius 2 is 2.17 bits per heavy atom. The summed E-state index contributed by atoms with van der Waals surface area (Å²) in [5, 5.41) is 3.97. The molecule has 7 heteroatoms. The van der Waals surface area contributed by atoms with Crippen LogP contribution in [0.1, 0.15) is 26.7 Å². The number of nitrogens with one attached hydrogen (secondary N) is 1. The number of rotatable bonds is 3. The lowest BCUT2D eigenvalue weighted by atomic mass is 10.1. The van der Waals surface area contributed by atoms with Crippen LogP contribution >= 0.6 is 11.6 Å². The molecular weight excluding hydrogens is 314 g/mol. The summed E-state index contributed by atoms with van der Waals surface area (Å²) in [4.78, 5) is 23.2. The molecule has 23 heavy (non-hydrogen) atoms. The molecule has 0 aromatic carbocycles. The molecule has 3 heterocycles. The summed E-state index contributed by atoms with van der Waals surface area (Å²) >= 11 is 6.08. The van der Waals surface area contributed by atoms with E-state index < -0.39 is 0 Å². The minimum Gasteiger partial charge on any atom is -0.349 e. The first-order valence-corrected chi connectivity index (χ1v) is 8.42. The van der Waals surface area contributed by atoms with E-state index in [2.05, 4.69) is 34.0 Å². The van der Waals surface area contributed by atoms with Crippen molar-refractivity contribution in [3.05, 3.63) is 27.8 Å². The molecule has 1 aliphatic rings. The third kappa shape index (κ3) is 3.05. The van der Waals surface area contributed by atoms with Gasteiger partial charge in [-0.2, -0.15) is 4.98 Å². The van der Waals surface area contributed by atoms with Gasteiger partial charge in [-0.05, 0) is 25.5 Å². The Balaban J connectivity index is 2.12. The molecule has 0 spiro atoms. The van der Waals surface area contributed by atoms with Crippen LogP contribution < -0.4 is 15.9 Å². The van der Waals surface area contributed by atoms with E-state index in [-0.39, 0.29) is 11.7 Å². The first-order valence-electron chi connectivity index (χ1n) is 8.04. The van der Waals surface area contributed by atoms with Gasteiger partial charge in [-0.3, -0.25) is 4.57 Å².